The van der Waals surface area contributed by atoms with Gasteiger partial charge in [-0.1, -0.05) is 6.92 Å². The fraction of sp³-hybridized carbons (Fsp3) is 0.263. The Morgan fingerprint density at radius 2 is 1.87 bits per heavy atom. The van der Waals surface area contributed by atoms with Gasteiger partial charge in [0.05, 0.1) is 11.4 Å². The summed E-state index contributed by atoms with van der Waals surface area (Å²) in [5.41, 5.74) is 4.41. The van der Waals surface area contributed by atoms with Crippen molar-refractivity contribution < 1.29 is 32.3 Å². The van der Waals surface area contributed by atoms with Gasteiger partial charge in [0.15, 0.2) is 0 Å². The molecule has 2 fully saturated rings. The first-order chi connectivity index (χ1) is 14.5. The Balaban J connectivity index is 1.68. The van der Waals surface area contributed by atoms with Crippen LogP contribution >= 0.6 is 0 Å². The lowest BCUT2D eigenvalue weighted by Gasteiger charge is -2.22. The highest BCUT2D eigenvalue weighted by Crippen LogP contribution is 2.55. The highest BCUT2D eigenvalue weighted by atomic mass is 19.4. The summed E-state index contributed by atoms with van der Waals surface area (Å²) in [6.45, 7) is 1.81. The number of benzene rings is 1. The molecule has 12 heteroatoms. The van der Waals surface area contributed by atoms with Crippen molar-refractivity contribution in [3.63, 3.8) is 0 Å². The molecule has 1 spiro atoms. The number of pyridine rings is 1. The molecule has 5 amide bonds. The maximum atomic E-state index is 13.3. The van der Waals surface area contributed by atoms with Gasteiger partial charge in [-0.15, -0.1) is 13.2 Å². The average molecular weight is 435 g/mol. The Labute approximate surface area is 173 Å². The van der Waals surface area contributed by atoms with E-state index in [1.165, 1.54) is 35.4 Å². The molecule has 1 saturated heterocycles. The third-order valence-electron chi connectivity index (χ3n) is 5.21. The molecule has 1 saturated carbocycles. The molecule has 2 heterocycles. The van der Waals surface area contributed by atoms with Gasteiger partial charge in [-0.25, -0.2) is 19.5 Å². The van der Waals surface area contributed by atoms with Gasteiger partial charge in [0.1, 0.15) is 17.1 Å². The smallest absolute Gasteiger partial charge is 0.406 e. The van der Waals surface area contributed by atoms with Crippen molar-refractivity contribution in [1.82, 2.24) is 4.98 Å². The zero-order valence-corrected chi connectivity index (χ0v) is 16.0. The molecule has 1 aliphatic heterocycles. The van der Waals surface area contributed by atoms with Crippen LogP contribution in [0.2, 0.25) is 0 Å². The number of urea groups is 2. The highest BCUT2D eigenvalue weighted by molar-refractivity contribution is 6.32. The molecule has 9 nitrogen and oxygen atoms in total. The second-order valence-electron chi connectivity index (χ2n) is 7.22. The van der Waals surface area contributed by atoms with Gasteiger partial charge in [-0.05, 0) is 42.7 Å². The molecule has 0 radical (unpaired) electrons. The minimum atomic E-state index is -4.86. The van der Waals surface area contributed by atoms with Crippen molar-refractivity contribution in [2.75, 3.05) is 15.1 Å². The molecule has 162 valence electrons. The number of hydrogen-bond donors (Lipinski definition) is 2. The quantitative estimate of drug-likeness (QED) is 0.715. The molecule has 3 N–H and O–H groups in total. The predicted octanol–water partition coefficient (Wildman–Crippen LogP) is 3.22. The Kier molecular flexibility index (Phi) is 4.52. The largest absolute Gasteiger partial charge is 0.573 e. The van der Waals surface area contributed by atoms with E-state index in [9.17, 15) is 27.6 Å². The number of nitrogens with two attached hydrogens (primary N) is 1. The van der Waals surface area contributed by atoms with Gasteiger partial charge < -0.3 is 10.5 Å². The fourth-order valence-electron chi connectivity index (χ4n) is 3.78. The van der Waals surface area contributed by atoms with Crippen molar-refractivity contribution in [2.24, 2.45) is 11.7 Å². The topological polar surface area (TPSA) is 118 Å². The number of carbonyl (C=O) groups excluding carboxylic acids is 3. The number of aromatic nitrogens is 1. The van der Waals surface area contributed by atoms with Crippen LogP contribution in [0, 0.1) is 5.92 Å². The van der Waals surface area contributed by atoms with E-state index >= 15 is 0 Å². The number of imide groups is 1. The Morgan fingerprint density at radius 1 is 1.23 bits per heavy atom. The van der Waals surface area contributed by atoms with Crippen LogP contribution in [0.1, 0.15) is 13.3 Å². The third-order valence-corrected chi connectivity index (χ3v) is 5.21. The van der Waals surface area contributed by atoms with Crippen LogP contribution in [0.3, 0.4) is 0 Å². The molecule has 1 aliphatic carbocycles. The number of anilines is 3. The van der Waals surface area contributed by atoms with Crippen LogP contribution in [0.5, 0.6) is 5.75 Å². The van der Waals surface area contributed by atoms with Crippen molar-refractivity contribution in [1.29, 1.82) is 0 Å². The summed E-state index contributed by atoms with van der Waals surface area (Å²) in [6.07, 6.45) is -3.10. The van der Waals surface area contributed by atoms with Crippen molar-refractivity contribution >= 4 is 35.2 Å². The molecule has 1 aromatic carbocycles. The number of carbonyl (C=O) groups is 3. The SMILES string of the molecule is CC1CC12C(=O)N(c1ccc(OC(F)(F)F)cc1)C(=O)N2c1ccnc(NC(N)=O)c1. The fourth-order valence-corrected chi connectivity index (χ4v) is 3.78. The van der Waals surface area contributed by atoms with Gasteiger partial charge in [-0.3, -0.25) is 15.0 Å². The normalized spacial score (nSPS) is 22.8. The Bertz CT molecular complexity index is 1070. The summed E-state index contributed by atoms with van der Waals surface area (Å²) >= 11 is 0. The molecule has 2 unspecified atom stereocenters. The molecule has 2 aromatic rings. The number of hydrogen-bond acceptors (Lipinski definition) is 5. The first kappa shape index (κ1) is 20.4. The van der Waals surface area contributed by atoms with Crippen LogP contribution in [0.4, 0.5) is 40.0 Å². The number of amides is 5. The second kappa shape index (κ2) is 6.86. The first-order valence-electron chi connectivity index (χ1n) is 9.10. The molecule has 2 atom stereocenters. The molecular weight excluding hydrogens is 419 g/mol. The minimum absolute atomic E-state index is 0.0980. The molecule has 4 rings (SSSR count). The van der Waals surface area contributed by atoms with E-state index in [1.54, 1.807) is 0 Å². The monoisotopic (exact) mass is 435 g/mol. The summed E-state index contributed by atoms with van der Waals surface area (Å²) in [4.78, 5) is 43.8. The van der Waals surface area contributed by atoms with Crippen molar-refractivity contribution in [2.45, 2.75) is 25.2 Å². The van der Waals surface area contributed by atoms with Gasteiger partial charge in [0.25, 0.3) is 5.91 Å². The number of primary amides is 1. The Morgan fingerprint density at radius 3 is 2.42 bits per heavy atom. The standard InChI is InChI=1S/C19H16F3N5O4/c1-10-9-18(10)15(28)26(11-2-4-13(5-3-11)31-19(20,21)22)17(30)27(18)12-6-7-24-14(8-12)25-16(23)29/h2-8,10H,9H2,1H3,(H3,23,24,25,29). The van der Waals surface area contributed by atoms with Crippen LogP contribution < -0.4 is 25.6 Å². The van der Waals surface area contributed by atoms with Crippen LogP contribution in [0.25, 0.3) is 0 Å². The number of halogens is 3. The lowest BCUT2D eigenvalue weighted by atomic mass is 10.1. The van der Waals surface area contributed by atoms with E-state index in [0.717, 1.165) is 17.0 Å². The van der Waals surface area contributed by atoms with Crippen LogP contribution in [-0.2, 0) is 4.79 Å². The summed E-state index contributed by atoms with van der Waals surface area (Å²) < 4.78 is 41.0. The summed E-state index contributed by atoms with van der Waals surface area (Å²) in [5.74, 6) is -1.02. The predicted molar refractivity (Wildman–Crippen MR) is 102 cm³/mol. The van der Waals surface area contributed by atoms with E-state index in [-0.39, 0.29) is 17.4 Å². The maximum absolute atomic E-state index is 13.3. The van der Waals surface area contributed by atoms with E-state index in [1.807, 2.05) is 6.92 Å². The lowest BCUT2D eigenvalue weighted by molar-refractivity contribution is -0.274. The lowest BCUT2D eigenvalue weighted by Crippen LogP contribution is -2.39. The van der Waals surface area contributed by atoms with Gasteiger partial charge >= 0.3 is 18.4 Å². The van der Waals surface area contributed by atoms with Crippen molar-refractivity contribution in [3.8, 4) is 5.75 Å². The number of rotatable bonds is 4. The Hall–Kier alpha value is -3.83. The number of ether oxygens (including phenoxy) is 1. The second-order valence-corrected chi connectivity index (χ2v) is 7.22. The van der Waals surface area contributed by atoms with E-state index in [2.05, 4.69) is 15.0 Å². The summed E-state index contributed by atoms with van der Waals surface area (Å²) in [7, 11) is 0. The summed E-state index contributed by atoms with van der Waals surface area (Å²) in [5, 5.41) is 2.31. The van der Waals surface area contributed by atoms with Gasteiger partial charge in [0, 0.05) is 12.3 Å². The van der Waals surface area contributed by atoms with Gasteiger partial charge in [-0.2, -0.15) is 0 Å². The number of nitrogens with zero attached hydrogens (tertiary/aromatic N) is 3. The maximum Gasteiger partial charge on any atom is 0.573 e. The molecular formula is C19H16F3N5O4. The van der Waals surface area contributed by atoms with E-state index in [0.29, 0.717) is 12.1 Å². The zero-order valence-electron chi connectivity index (χ0n) is 16.0. The van der Waals surface area contributed by atoms with E-state index in [4.69, 9.17) is 5.73 Å². The van der Waals surface area contributed by atoms with Crippen LogP contribution in [-0.4, -0.2) is 34.9 Å². The zero-order chi connectivity index (χ0) is 22.6. The molecule has 2 aliphatic rings. The molecule has 1 aromatic heterocycles. The highest BCUT2D eigenvalue weighted by Gasteiger charge is 2.70. The number of alkyl halides is 3. The van der Waals surface area contributed by atoms with E-state index < -0.39 is 35.6 Å². The minimum Gasteiger partial charge on any atom is -0.406 e. The number of nitrogens with one attached hydrogen (secondary N) is 1. The van der Waals surface area contributed by atoms with Crippen LogP contribution in [0.15, 0.2) is 42.6 Å². The van der Waals surface area contributed by atoms with Gasteiger partial charge in [0.2, 0.25) is 0 Å². The van der Waals surface area contributed by atoms with Crippen molar-refractivity contribution in [3.05, 3.63) is 42.6 Å². The first-order valence-corrected chi connectivity index (χ1v) is 9.10. The summed E-state index contributed by atoms with van der Waals surface area (Å²) in [6, 6.07) is 5.86. The molecule has 0 bridgehead atoms. The third kappa shape index (κ3) is 3.49. The average Bonchev–Trinajstić information content (AvgIpc) is 3.27. The molecule has 31 heavy (non-hydrogen) atoms.